The highest BCUT2D eigenvalue weighted by Crippen LogP contribution is 2.12. The standard InChI is InChI=1S/C14H21ClN2O2S/c1-14(2,3)19-13(18)16-6-8-20-10-12-9-11(15)5-7-17(12)4/h5,7,9H,6,8,10H2,1-4H3/p+1. The number of rotatable bonds is 5. The fraction of sp³-hybridized carbons (Fsp3) is 0.571. The van der Waals surface area contributed by atoms with Gasteiger partial charge in [-0.3, -0.25) is 0 Å². The summed E-state index contributed by atoms with van der Waals surface area (Å²) >= 11 is 7.70. The molecule has 1 N–H and O–H groups in total. The molecule has 0 saturated carbocycles. The van der Waals surface area contributed by atoms with Crippen LogP contribution in [0.3, 0.4) is 0 Å². The summed E-state index contributed by atoms with van der Waals surface area (Å²) in [4.78, 5) is 11.4. The number of carbonyl (C=O) groups excluding carboxylic acids is 1. The van der Waals surface area contributed by atoms with Crippen LogP contribution >= 0.6 is 23.4 Å². The summed E-state index contributed by atoms with van der Waals surface area (Å²) in [7, 11) is 1.99. The Hall–Kier alpha value is -0.940. The van der Waals surface area contributed by atoms with Gasteiger partial charge >= 0.3 is 6.09 Å². The number of aryl methyl sites for hydroxylation is 1. The van der Waals surface area contributed by atoms with Gasteiger partial charge in [0.05, 0.1) is 10.8 Å². The van der Waals surface area contributed by atoms with E-state index in [1.807, 2.05) is 50.7 Å². The van der Waals surface area contributed by atoms with Crippen molar-refractivity contribution in [2.75, 3.05) is 12.3 Å². The zero-order valence-electron chi connectivity index (χ0n) is 12.4. The van der Waals surface area contributed by atoms with Crippen molar-refractivity contribution in [3.05, 3.63) is 29.0 Å². The van der Waals surface area contributed by atoms with E-state index in [1.165, 1.54) is 0 Å². The van der Waals surface area contributed by atoms with Gasteiger partial charge in [-0.1, -0.05) is 11.6 Å². The van der Waals surface area contributed by atoms with Crippen LogP contribution in [0, 0.1) is 0 Å². The fourth-order valence-corrected chi connectivity index (χ4v) is 2.52. The molecule has 0 fully saturated rings. The number of ether oxygens (including phenoxy) is 1. The molecule has 6 heteroatoms. The number of alkyl carbamates (subject to hydrolysis) is 1. The zero-order chi connectivity index (χ0) is 15.2. The summed E-state index contributed by atoms with van der Waals surface area (Å²) in [6, 6.07) is 3.82. The first-order valence-electron chi connectivity index (χ1n) is 6.46. The Morgan fingerprint density at radius 1 is 1.50 bits per heavy atom. The minimum absolute atomic E-state index is 0.369. The molecular formula is C14H22ClN2O2S+. The van der Waals surface area contributed by atoms with Crippen LogP contribution in [0.25, 0.3) is 0 Å². The quantitative estimate of drug-likeness (QED) is 0.670. The molecule has 0 saturated heterocycles. The lowest BCUT2D eigenvalue weighted by atomic mass is 10.2. The number of aromatic nitrogens is 1. The average Bonchev–Trinajstić information content (AvgIpc) is 2.30. The third kappa shape index (κ3) is 7.01. The van der Waals surface area contributed by atoms with E-state index in [9.17, 15) is 4.79 Å². The predicted molar refractivity (Wildman–Crippen MR) is 83.0 cm³/mol. The van der Waals surface area contributed by atoms with Crippen LogP contribution in [-0.4, -0.2) is 24.0 Å². The minimum atomic E-state index is -0.453. The van der Waals surface area contributed by atoms with E-state index in [2.05, 4.69) is 5.32 Å². The van der Waals surface area contributed by atoms with Crippen molar-refractivity contribution in [2.45, 2.75) is 32.1 Å². The first-order chi connectivity index (χ1) is 9.28. The SMILES string of the molecule is C[n+]1ccc(Cl)cc1CSCCNC(=O)OC(C)(C)C. The number of amides is 1. The topological polar surface area (TPSA) is 42.2 Å². The van der Waals surface area contributed by atoms with Crippen LogP contribution in [0.2, 0.25) is 5.02 Å². The zero-order valence-corrected chi connectivity index (χ0v) is 14.0. The molecule has 1 heterocycles. The van der Waals surface area contributed by atoms with Gasteiger partial charge in [0, 0.05) is 24.4 Å². The Morgan fingerprint density at radius 2 is 2.20 bits per heavy atom. The molecule has 0 atom stereocenters. The molecule has 0 unspecified atom stereocenters. The van der Waals surface area contributed by atoms with Gasteiger partial charge in [-0.25, -0.2) is 9.36 Å². The number of hydrogen-bond donors (Lipinski definition) is 1. The number of halogens is 1. The van der Waals surface area contributed by atoms with Crippen molar-refractivity contribution in [3.63, 3.8) is 0 Å². The second-order valence-corrected chi connectivity index (χ2v) is 6.97. The van der Waals surface area contributed by atoms with Gasteiger partial charge in [0.2, 0.25) is 0 Å². The van der Waals surface area contributed by atoms with Crippen LogP contribution in [-0.2, 0) is 17.5 Å². The first-order valence-corrected chi connectivity index (χ1v) is 8.00. The van der Waals surface area contributed by atoms with Gasteiger partial charge in [-0.2, -0.15) is 0 Å². The van der Waals surface area contributed by atoms with Crippen molar-refractivity contribution in [1.82, 2.24) is 5.32 Å². The molecule has 0 aliphatic rings. The Labute approximate surface area is 129 Å². The lowest BCUT2D eigenvalue weighted by Crippen LogP contribution is -2.34. The molecular weight excluding hydrogens is 296 g/mol. The largest absolute Gasteiger partial charge is 0.444 e. The van der Waals surface area contributed by atoms with Gasteiger partial charge in [0.15, 0.2) is 11.9 Å². The maximum atomic E-state index is 11.4. The van der Waals surface area contributed by atoms with Gasteiger partial charge < -0.3 is 10.1 Å². The van der Waals surface area contributed by atoms with Crippen molar-refractivity contribution >= 4 is 29.5 Å². The molecule has 1 aromatic heterocycles. The molecule has 112 valence electrons. The first kappa shape index (κ1) is 17.1. The number of pyridine rings is 1. The van der Waals surface area contributed by atoms with Gasteiger partial charge in [0.1, 0.15) is 12.6 Å². The maximum absolute atomic E-state index is 11.4. The van der Waals surface area contributed by atoms with E-state index in [1.54, 1.807) is 11.8 Å². The monoisotopic (exact) mass is 317 g/mol. The number of nitrogens with one attached hydrogen (secondary N) is 1. The Balaban J connectivity index is 2.22. The normalized spacial score (nSPS) is 11.2. The molecule has 0 aromatic carbocycles. The summed E-state index contributed by atoms with van der Waals surface area (Å²) < 4.78 is 7.20. The third-order valence-electron chi connectivity index (χ3n) is 2.38. The average molecular weight is 318 g/mol. The fourth-order valence-electron chi connectivity index (χ4n) is 1.45. The molecule has 0 radical (unpaired) electrons. The van der Waals surface area contributed by atoms with Gasteiger partial charge in [-0.15, -0.1) is 11.8 Å². The van der Waals surface area contributed by atoms with E-state index in [0.29, 0.717) is 6.54 Å². The number of thioether (sulfide) groups is 1. The van der Waals surface area contributed by atoms with Crippen LogP contribution in [0.15, 0.2) is 18.3 Å². The van der Waals surface area contributed by atoms with E-state index < -0.39 is 5.60 Å². The molecule has 1 rings (SSSR count). The maximum Gasteiger partial charge on any atom is 0.407 e. The van der Waals surface area contributed by atoms with Crippen molar-refractivity contribution < 1.29 is 14.1 Å². The van der Waals surface area contributed by atoms with E-state index in [-0.39, 0.29) is 6.09 Å². The van der Waals surface area contributed by atoms with Gasteiger partial charge in [-0.05, 0) is 20.8 Å². The number of nitrogens with zero attached hydrogens (tertiary/aromatic N) is 1. The molecule has 0 aliphatic heterocycles. The molecule has 1 aromatic rings. The highest BCUT2D eigenvalue weighted by molar-refractivity contribution is 7.98. The summed E-state index contributed by atoms with van der Waals surface area (Å²) in [6.07, 6.45) is 1.57. The van der Waals surface area contributed by atoms with Crippen LogP contribution < -0.4 is 9.88 Å². The van der Waals surface area contributed by atoms with Crippen LogP contribution in [0.1, 0.15) is 26.5 Å². The van der Waals surface area contributed by atoms with Crippen molar-refractivity contribution in [2.24, 2.45) is 7.05 Å². The van der Waals surface area contributed by atoms with Crippen LogP contribution in [0.5, 0.6) is 0 Å². The summed E-state index contributed by atoms with van der Waals surface area (Å²) in [5, 5.41) is 3.48. The predicted octanol–water partition coefficient (Wildman–Crippen LogP) is 2.92. The highest BCUT2D eigenvalue weighted by Gasteiger charge is 2.15. The molecule has 0 aliphatic carbocycles. The van der Waals surface area contributed by atoms with E-state index in [4.69, 9.17) is 16.3 Å². The molecule has 1 amide bonds. The molecule has 0 bridgehead atoms. The Kier molecular flexibility index (Phi) is 6.62. The lowest BCUT2D eigenvalue weighted by molar-refractivity contribution is -0.678. The summed E-state index contributed by atoms with van der Waals surface area (Å²) in [6.45, 7) is 6.13. The summed E-state index contributed by atoms with van der Waals surface area (Å²) in [5.41, 5.74) is 0.700. The highest BCUT2D eigenvalue weighted by atomic mass is 35.5. The van der Waals surface area contributed by atoms with Crippen molar-refractivity contribution in [1.29, 1.82) is 0 Å². The van der Waals surface area contributed by atoms with E-state index in [0.717, 1.165) is 22.2 Å². The van der Waals surface area contributed by atoms with Crippen LogP contribution in [0.4, 0.5) is 4.79 Å². The number of hydrogen-bond acceptors (Lipinski definition) is 3. The lowest BCUT2D eigenvalue weighted by Gasteiger charge is -2.19. The molecule has 0 spiro atoms. The Morgan fingerprint density at radius 3 is 2.85 bits per heavy atom. The van der Waals surface area contributed by atoms with Crippen molar-refractivity contribution in [3.8, 4) is 0 Å². The molecule has 4 nitrogen and oxygen atoms in total. The second kappa shape index (κ2) is 7.74. The molecule has 20 heavy (non-hydrogen) atoms. The Bertz CT molecular complexity index is 461. The third-order valence-corrected chi connectivity index (χ3v) is 3.61. The summed E-state index contributed by atoms with van der Waals surface area (Å²) in [5.74, 6) is 1.68. The smallest absolute Gasteiger partial charge is 0.407 e. The van der Waals surface area contributed by atoms with E-state index >= 15 is 0 Å². The van der Waals surface area contributed by atoms with Gasteiger partial charge in [0.25, 0.3) is 0 Å². The minimum Gasteiger partial charge on any atom is -0.444 e. The number of carbonyl (C=O) groups is 1. The second-order valence-electron chi connectivity index (χ2n) is 5.43.